The van der Waals surface area contributed by atoms with Crippen LogP contribution in [-0.4, -0.2) is 18.5 Å². The van der Waals surface area contributed by atoms with E-state index < -0.39 is 11.9 Å². The van der Waals surface area contributed by atoms with Gasteiger partial charge in [0.1, 0.15) is 5.58 Å². The van der Waals surface area contributed by atoms with Crippen LogP contribution in [0.1, 0.15) is 33.4 Å². The van der Waals surface area contributed by atoms with Crippen molar-refractivity contribution < 1.29 is 18.7 Å². The molecule has 94 valence electrons. The number of primary amides is 1. The molecule has 5 heteroatoms. The van der Waals surface area contributed by atoms with Crippen molar-refractivity contribution in [3.05, 3.63) is 35.1 Å². The molecule has 0 aliphatic carbocycles. The average molecular weight is 247 g/mol. The number of nitrogens with two attached hydrogens (primary N) is 1. The van der Waals surface area contributed by atoms with E-state index in [0.29, 0.717) is 22.1 Å². The maximum Gasteiger partial charge on any atom is 0.374 e. The van der Waals surface area contributed by atoms with E-state index >= 15 is 0 Å². The van der Waals surface area contributed by atoms with E-state index in [1.54, 1.807) is 32.0 Å². The predicted molar refractivity (Wildman–Crippen MR) is 65.4 cm³/mol. The van der Waals surface area contributed by atoms with Crippen molar-refractivity contribution in [2.45, 2.75) is 13.8 Å². The number of hydrogen-bond donors (Lipinski definition) is 1. The van der Waals surface area contributed by atoms with Crippen LogP contribution >= 0.6 is 0 Å². The van der Waals surface area contributed by atoms with Gasteiger partial charge in [-0.15, -0.1) is 0 Å². The fraction of sp³-hybridized carbons (Fsp3) is 0.231. The van der Waals surface area contributed by atoms with E-state index in [1.807, 2.05) is 0 Å². The Morgan fingerprint density at radius 2 is 2.11 bits per heavy atom. The van der Waals surface area contributed by atoms with E-state index in [9.17, 15) is 9.59 Å². The second-order valence-corrected chi connectivity index (χ2v) is 3.82. The van der Waals surface area contributed by atoms with Crippen LogP contribution in [0.2, 0.25) is 0 Å². The fourth-order valence-corrected chi connectivity index (χ4v) is 1.90. The minimum absolute atomic E-state index is 0.112. The molecule has 1 aromatic heterocycles. The van der Waals surface area contributed by atoms with Gasteiger partial charge < -0.3 is 14.9 Å². The maximum absolute atomic E-state index is 11.7. The first kappa shape index (κ1) is 12.2. The number of benzene rings is 1. The highest BCUT2D eigenvalue weighted by atomic mass is 16.5. The van der Waals surface area contributed by atoms with Gasteiger partial charge in [0.05, 0.1) is 12.2 Å². The van der Waals surface area contributed by atoms with Crippen LogP contribution in [0.4, 0.5) is 0 Å². The smallest absolute Gasteiger partial charge is 0.374 e. The predicted octanol–water partition coefficient (Wildman–Crippen LogP) is 2.02. The summed E-state index contributed by atoms with van der Waals surface area (Å²) in [6.07, 6.45) is 0. The SMILES string of the molecule is CCOC(=O)c1oc2cccc(C(N)=O)c2c1C. The van der Waals surface area contributed by atoms with Crippen molar-refractivity contribution in [1.82, 2.24) is 0 Å². The topological polar surface area (TPSA) is 82.5 Å². The van der Waals surface area contributed by atoms with Crippen molar-refractivity contribution in [3.63, 3.8) is 0 Å². The molecule has 1 heterocycles. The molecular formula is C13H13NO4. The minimum atomic E-state index is -0.556. The van der Waals surface area contributed by atoms with Crippen LogP contribution in [0.15, 0.2) is 22.6 Å². The Hall–Kier alpha value is -2.30. The number of hydrogen-bond acceptors (Lipinski definition) is 4. The van der Waals surface area contributed by atoms with Crippen LogP contribution in [0.25, 0.3) is 11.0 Å². The Morgan fingerprint density at radius 3 is 2.72 bits per heavy atom. The summed E-state index contributed by atoms with van der Waals surface area (Å²) < 4.78 is 10.3. The molecule has 0 spiro atoms. The number of rotatable bonds is 3. The first-order valence-corrected chi connectivity index (χ1v) is 5.55. The average Bonchev–Trinajstić information content (AvgIpc) is 2.67. The molecule has 0 unspecified atom stereocenters. The molecule has 5 nitrogen and oxygen atoms in total. The van der Waals surface area contributed by atoms with E-state index in [4.69, 9.17) is 14.9 Å². The largest absolute Gasteiger partial charge is 0.460 e. The lowest BCUT2D eigenvalue weighted by molar-refractivity contribution is 0.0491. The summed E-state index contributed by atoms with van der Waals surface area (Å²) in [7, 11) is 0. The number of esters is 1. The van der Waals surface area contributed by atoms with Crippen molar-refractivity contribution in [2.75, 3.05) is 6.61 Å². The molecule has 2 aromatic rings. The molecule has 0 aliphatic rings. The van der Waals surface area contributed by atoms with Crippen LogP contribution in [0.3, 0.4) is 0 Å². The third kappa shape index (κ3) is 1.84. The fourth-order valence-electron chi connectivity index (χ4n) is 1.90. The highest BCUT2D eigenvalue weighted by Gasteiger charge is 2.21. The van der Waals surface area contributed by atoms with Gasteiger partial charge in [-0.05, 0) is 26.0 Å². The summed E-state index contributed by atoms with van der Waals surface area (Å²) in [6.45, 7) is 3.67. The van der Waals surface area contributed by atoms with Crippen LogP contribution in [0, 0.1) is 6.92 Å². The summed E-state index contributed by atoms with van der Waals surface area (Å²) in [5.41, 5.74) is 6.65. The van der Waals surface area contributed by atoms with Gasteiger partial charge in [-0.2, -0.15) is 0 Å². The minimum Gasteiger partial charge on any atom is -0.460 e. The molecule has 2 rings (SSSR count). The lowest BCUT2D eigenvalue weighted by Crippen LogP contribution is -2.11. The molecule has 0 saturated heterocycles. The molecular weight excluding hydrogens is 234 g/mol. The van der Waals surface area contributed by atoms with Crippen molar-refractivity contribution in [2.24, 2.45) is 5.73 Å². The quantitative estimate of drug-likeness (QED) is 0.841. The van der Waals surface area contributed by atoms with Crippen molar-refractivity contribution >= 4 is 22.8 Å². The first-order valence-electron chi connectivity index (χ1n) is 5.55. The lowest BCUT2D eigenvalue weighted by atomic mass is 10.1. The molecule has 0 radical (unpaired) electrons. The van der Waals surface area contributed by atoms with E-state index in [0.717, 1.165) is 0 Å². The lowest BCUT2D eigenvalue weighted by Gasteiger charge is -1.99. The van der Waals surface area contributed by atoms with Gasteiger partial charge in [-0.25, -0.2) is 4.79 Å². The monoisotopic (exact) mass is 247 g/mol. The summed E-state index contributed by atoms with van der Waals surface area (Å²) in [6, 6.07) is 4.93. The number of carbonyl (C=O) groups excluding carboxylic acids is 2. The van der Waals surface area contributed by atoms with Gasteiger partial charge in [-0.3, -0.25) is 4.79 Å². The van der Waals surface area contributed by atoms with Crippen molar-refractivity contribution in [3.8, 4) is 0 Å². The number of fused-ring (bicyclic) bond motifs is 1. The van der Waals surface area contributed by atoms with E-state index in [1.165, 1.54) is 0 Å². The van der Waals surface area contributed by atoms with Gasteiger partial charge in [0.25, 0.3) is 0 Å². The van der Waals surface area contributed by atoms with Gasteiger partial charge in [0.15, 0.2) is 0 Å². The number of furan rings is 1. The Bertz CT molecular complexity index is 627. The highest BCUT2D eigenvalue weighted by Crippen LogP contribution is 2.28. The third-order valence-electron chi connectivity index (χ3n) is 2.68. The molecule has 0 fully saturated rings. The second-order valence-electron chi connectivity index (χ2n) is 3.82. The molecule has 0 aliphatic heterocycles. The van der Waals surface area contributed by atoms with Gasteiger partial charge >= 0.3 is 5.97 Å². The van der Waals surface area contributed by atoms with Gasteiger partial charge in [0, 0.05) is 10.9 Å². The third-order valence-corrected chi connectivity index (χ3v) is 2.68. The zero-order valence-corrected chi connectivity index (χ0v) is 10.1. The summed E-state index contributed by atoms with van der Waals surface area (Å²) in [5.74, 6) is -0.984. The van der Waals surface area contributed by atoms with Crippen LogP contribution < -0.4 is 5.73 Å². The second kappa shape index (κ2) is 4.52. The number of aryl methyl sites for hydroxylation is 1. The normalized spacial score (nSPS) is 10.6. The van der Waals surface area contributed by atoms with Crippen LogP contribution in [-0.2, 0) is 4.74 Å². The van der Waals surface area contributed by atoms with Crippen molar-refractivity contribution in [1.29, 1.82) is 0 Å². The standard InChI is InChI=1S/C13H13NO4/c1-3-17-13(16)11-7(2)10-8(12(14)15)5-4-6-9(10)18-11/h4-6H,3H2,1-2H3,(H2,14,15). The van der Waals surface area contributed by atoms with E-state index in [-0.39, 0.29) is 12.4 Å². The number of amides is 1. The molecule has 18 heavy (non-hydrogen) atoms. The Morgan fingerprint density at radius 1 is 1.39 bits per heavy atom. The molecule has 0 bridgehead atoms. The molecule has 2 N–H and O–H groups in total. The summed E-state index contributed by atoms with van der Waals surface area (Å²) in [5, 5.41) is 0.563. The van der Waals surface area contributed by atoms with Gasteiger partial charge in [0.2, 0.25) is 11.7 Å². The van der Waals surface area contributed by atoms with E-state index in [2.05, 4.69) is 0 Å². The van der Waals surface area contributed by atoms with Crippen LogP contribution in [0.5, 0.6) is 0 Å². The molecule has 0 atom stereocenters. The Kier molecular flexibility index (Phi) is 3.06. The number of carbonyl (C=O) groups is 2. The number of ether oxygens (including phenoxy) is 1. The molecule has 1 aromatic carbocycles. The molecule has 1 amide bonds. The molecule has 0 saturated carbocycles. The summed E-state index contributed by atoms with van der Waals surface area (Å²) in [4.78, 5) is 23.0. The Balaban J connectivity index is 2.67. The van der Waals surface area contributed by atoms with Gasteiger partial charge in [-0.1, -0.05) is 6.07 Å². The Labute approximate surface area is 104 Å². The highest BCUT2D eigenvalue weighted by molar-refractivity contribution is 6.08. The zero-order valence-electron chi connectivity index (χ0n) is 10.1. The summed E-state index contributed by atoms with van der Waals surface area (Å²) >= 11 is 0. The maximum atomic E-state index is 11.7. The first-order chi connectivity index (χ1) is 8.56. The zero-order chi connectivity index (χ0) is 13.3.